The second-order valence-electron chi connectivity index (χ2n) is 6.48. The Bertz CT molecular complexity index is 987. The lowest BCUT2D eigenvalue weighted by molar-refractivity contribution is -0.120. The number of aromatic amines is 1. The van der Waals surface area contributed by atoms with Gasteiger partial charge in [-0.05, 0) is 43.2 Å². The summed E-state index contributed by atoms with van der Waals surface area (Å²) in [6, 6.07) is 5.59. The summed E-state index contributed by atoms with van der Waals surface area (Å²) in [5.41, 5.74) is 1.75. The van der Waals surface area contributed by atoms with Gasteiger partial charge in [0, 0.05) is 11.6 Å². The number of benzene rings is 1. The van der Waals surface area contributed by atoms with Crippen molar-refractivity contribution in [2.45, 2.75) is 19.4 Å². The molecule has 0 radical (unpaired) electrons. The number of aryl methyl sites for hydroxylation is 1. The molecule has 1 aliphatic rings. The SMILES string of the molecule is Cc1cc(-c2cc(C(=O)NCC(=O)NC3CCS(=O)(=O)C3)[nH]n2)ccc1F. The number of carbonyl (C=O) groups excluding carboxylic acids is 2. The zero-order valence-corrected chi connectivity index (χ0v) is 15.4. The quantitative estimate of drug-likeness (QED) is 0.684. The normalized spacial score (nSPS) is 18.2. The van der Waals surface area contributed by atoms with Crippen molar-refractivity contribution in [3.63, 3.8) is 0 Å². The second-order valence-corrected chi connectivity index (χ2v) is 8.71. The first-order valence-corrected chi connectivity index (χ1v) is 10.2. The molecule has 0 aliphatic carbocycles. The Kier molecular flexibility index (Phi) is 5.26. The number of H-pyrrole nitrogens is 1. The molecule has 1 aromatic heterocycles. The van der Waals surface area contributed by atoms with Gasteiger partial charge in [0.1, 0.15) is 11.5 Å². The fraction of sp³-hybridized carbons (Fsp3) is 0.353. The molecule has 144 valence electrons. The van der Waals surface area contributed by atoms with E-state index in [1.165, 1.54) is 12.1 Å². The van der Waals surface area contributed by atoms with Crippen molar-refractivity contribution in [1.82, 2.24) is 20.8 Å². The predicted molar refractivity (Wildman–Crippen MR) is 96.3 cm³/mol. The Balaban J connectivity index is 1.55. The zero-order chi connectivity index (χ0) is 19.6. The fourth-order valence-electron chi connectivity index (χ4n) is 2.83. The van der Waals surface area contributed by atoms with Gasteiger partial charge in [-0.3, -0.25) is 14.7 Å². The minimum atomic E-state index is -3.08. The van der Waals surface area contributed by atoms with Crippen LogP contribution in [0.25, 0.3) is 11.3 Å². The Morgan fingerprint density at radius 3 is 2.78 bits per heavy atom. The summed E-state index contributed by atoms with van der Waals surface area (Å²) in [6.45, 7) is 1.35. The van der Waals surface area contributed by atoms with E-state index < -0.39 is 27.7 Å². The Labute approximate surface area is 155 Å². The molecular weight excluding hydrogens is 375 g/mol. The highest BCUT2D eigenvalue weighted by molar-refractivity contribution is 7.91. The van der Waals surface area contributed by atoms with Crippen LogP contribution in [-0.2, 0) is 14.6 Å². The third-order valence-electron chi connectivity index (χ3n) is 4.28. The van der Waals surface area contributed by atoms with Crippen LogP contribution >= 0.6 is 0 Å². The van der Waals surface area contributed by atoms with Crippen LogP contribution in [0.2, 0.25) is 0 Å². The molecule has 0 saturated carbocycles. The van der Waals surface area contributed by atoms with Crippen LogP contribution in [0.1, 0.15) is 22.5 Å². The largest absolute Gasteiger partial charge is 0.351 e. The van der Waals surface area contributed by atoms with Gasteiger partial charge in [-0.2, -0.15) is 5.10 Å². The summed E-state index contributed by atoms with van der Waals surface area (Å²) in [7, 11) is -3.08. The third kappa shape index (κ3) is 4.70. The number of carbonyl (C=O) groups is 2. The molecule has 2 heterocycles. The molecule has 1 aliphatic heterocycles. The first-order chi connectivity index (χ1) is 12.7. The Morgan fingerprint density at radius 2 is 2.11 bits per heavy atom. The first-order valence-electron chi connectivity index (χ1n) is 8.33. The number of nitrogens with one attached hydrogen (secondary N) is 3. The minimum Gasteiger partial charge on any atom is -0.351 e. The summed E-state index contributed by atoms with van der Waals surface area (Å²) in [5.74, 6) is -1.33. The number of sulfone groups is 1. The molecule has 1 unspecified atom stereocenters. The summed E-state index contributed by atoms with van der Waals surface area (Å²) in [4.78, 5) is 24.0. The average Bonchev–Trinajstić information content (AvgIpc) is 3.22. The van der Waals surface area contributed by atoms with Crippen LogP contribution in [-0.4, -0.2) is 54.5 Å². The molecule has 1 atom stereocenters. The van der Waals surface area contributed by atoms with E-state index in [9.17, 15) is 22.4 Å². The number of hydrogen-bond acceptors (Lipinski definition) is 5. The number of rotatable bonds is 5. The van der Waals surface area contributed by atoms with Gasteiger partial charge in [0.2, 0.25) is 5.91 Å². The summed E-state index contributed by atoms with van der Waals surface area (Å²) >= 11 is 0. The van der Waals surface area contributed by atoms with Crippen molar-refractivity contribution in [1.29, 1.82) is 0 Å². The van der Waals surface area contributed by atoms with Crippen LogP contribution < -0.4 is 10.6 Å². The first kappa shape index (κ1) is 19.0. The van der Waals surface area contributed by atoms with E-state index in [1.54, 1.807) is 19.1 Å². The number of amides is 2. The Morgan fingerprint density at radius 1 is 1.33 bits per heavy atom. The summed E-state index contributed by atoms with van der Waals surface area (Å²) < 4.78 is 36.1. The second kappa shape index (κ2) is 7.47. The molecule has 3 N–H and O–H groups in total. The van der Waals surface area contributed by atoms with Gasteiger partial charge in [-0.15, -0.1) is 0 Å². The maximum absolute atomic E-state index is 13.3. The molecule has 1 fully saturated rings. The van der Waals surface area contributed by atoms with Crippen LogP contribution in [0.4, 0.5) is 4.39 Å². The zero-order valence-electron chi connectivity index (χ0n) is 14.6. The third-order valence-corrected chi connectivity index (χ3v) is 6.05. The molecule has 1 aromatic carbocycles. The molecular formula is C17H19FN4O4S. The molecule has 2 amide bonds. The van der Waals surface area contributed by atoms with Gasteiger partial charge in [0.05, 0.1) is 23.7 Å². The lowest BCUT2D eigenvalue weighted by atomic mass is 10.1. The van der Waals surface area contributed by atoms with E-state index in [2.05, 4.69) is 20.8 Å². The summed E-state index contributed by atoms with van der Waals surface area (Å²) in [5, 5.41) is 11.6. The number of halogens is 1. The van der Waals surface area contributed by atoms with Crippen molar-refractivity contribution in [3.8, 4) is 11.3 Å². The molecule has 27 heavy (non-hydrogen) atoms. The van der Waals surface area contributed by atoms with Gasteiger partial charge in [0.25, 0.3) is 5.91 Å². The number of hydrogen-bond donors (Lipinski definition) is 3. The molecule has 10 heteroatoms. The topological polar surface area (TPSA) is 121 Å². The van der Waals surface area contributed by atoms with Gasteiger partial charge in [-0.25, -0.2) is 12.8 Å². The fourth-order valence-corrected chi connectivity index (χ4v) is 4.51. The van der Waals surface area contributed by atoms with Crippen molar-refractivity contribution >= 4 is 21.7 Å². The van der Waals surface area contributed by atoms with Crippen molar-refractivity contribution in [2.24, 2.45) is 0 Å². The van der Waals surface area contributed by atoms with Gasteiger partial charge >= 0.3 is 0 Å². The maximum atomic E-state index is 13.3. The molecule has 1 saturated heterocycles. The Hall–Kier alpha value is -2.75. The van der Waals surface area contributed by atoms with Crippen molar-refractivity contribution in [3.05, 3.63) is 41.3 Å². The van der Waals surface area contributed by atoms with Gasteiger partial charge < -0.3 is 10.6 Å². The predicted octanol–water partition coefficient (Wildman–Crippen LogP) is 0.557. The number of nitrogens with zero attached hydrogens (tertiary/aromatic N) is 1. The lowest BCUT2D eigenvalue weighted by Gasteiger charge is -2.10. The van der Waals surface area contributed by atoms with E-state index in [0.717, 1.165) is 0 Å². The molecule has 2 aromatic rings. The van der Waals surface area contributed by atoms with Crippen LogP contribution in [0.5, 0.6) is 0 Å². The molecule has 8 nitrogen and oxygen atoms in total. The monoisotopic (exact) mass is 394 g/mol. The van der Waals surface area contributed by atoms with Gasteiger partial charge in [0.15, 0.2) is 9.84 Å². The minimum absolute atomic E-state index is 0.0596. The standard InChI is InChI=1S/C17H19FN4O4S/c1-10-6-11(2-3-13(10)18)14-7-15(22-21-14)17(24)19-8-16(23)20-12-4-5-27(25,26)9-12/h2-3,6-7,12H,4-5,8-9H2,1H3,(H,19,24)(H,20,23)(H,21,22). The smallest absolute Gasteiger partial charge is 0.269 e. The van der Waals surface area contributed by atoms with E-state index in [1.807, 2.05) is 0 Å². The van der Waals surface area contributed by atoms with E-state index in [-0.39, 0.29) is 29.6 Å². The van der Waals surface area contributed by atoms with E-state index in [4.69, 9.17) is 0 Å². The average molecular weight is 394 g/mol. The number of aromatic nitrogens is 2. The highest BCUT2D eigenvalue weighted by atomic mass is 32.2. The van der Waals surface area contributed by atoms with Crippen molar-refractivity contribution in [2.75, 3.05) is 18.1 Å². The van der Waals surface area contributed by atoms with Crippen LogP contribution in [0.3, 0.4) is 0 Å². The van der Waals surface area contributed by atoms with E-state index >= 15 is 0 Å². The van der Waals surface area contributed by atoms with E-state index in [0.29, 0.717) is 23.2 Å². The van der Waals surface area contributed by atoms with Gasteiger partial charge in [-0.1, -0.05) is 0 Å². The highest BCUT2D eigenvalue weighted by Crippen LogP contribution is 2.20. The lowest BCUT2D eigenvalue weighted by Crippen LogP contribution is -2.42. The highest BCUT2D eigenvalue weighted by Gasteiger charge is 2.28. The molecule has 3 rings (SSSR count). The molecule has 0 spiro atoms. The van der Waals surface area contributed by atoms with Crippen LogP contribution in [0, 0.1) is 12.7 Å². The maximum Gasteiger partial charge on any atom is 0.269 e. The molecule has 0 bridgehead atoms. The summed E-state index contributed by atoms with van der Waals surface area (Å²) in [6.07, 6.45) is 0.378. The van der Waals surface area contributed by atoms with Crippen LogP contribution in [0.15, 0.2) is 24.3 Å². The van der Waals surface area contributed by atoms with Crippen molar-refractivity contribution < 1.29 is 22.4 Å².